The smallest absolute Gasteiger partial charge is 0.251 e. The lowest BCUT2D eigenvalue weighted by molar-refractivity contribution is -0.583. The number of hydrogen-bond donors (Lipinski definition) is 4. The fourth-order valence-corrected chi connectivity index (χ4v) is 4.72. The van der Waals surface area contributed by atoms with Crippen molar-refractivity contribution in [1.29, 1.82) is 5.41 Å². The number of anilines is 1. The number of halogens is 1. The molecular weight excluding hydrogens is 389 g/mol. The van der Waals surface area contributed by atoms with Gasteiger partial charge in [0.05, 0.1) is 27.9 Å². The maximum atomic E-state index is 14.4. The zero-order valence-corrected chi connectivity index (χ0v) is 16.7. The standard InChI is InChI=1S/C21H20FN5OS/c1-28-11-21(8-9-21)25-20-24-15-7-6-12(10-16(15)29-20)17-18(26-27-19(17)23)13-4-2-3-5-14(13)22/h2-7,10H,8-9,11H2,1H3,(H,24,25)(H3,23,26,27)/p+1. The quantitative estimate of drug-likeness (QED) is 0.471. The van der Waals surface area contributed by atoms with E-state index in [1.807, 2.05) is 18.2 Å². The molecule has 8 heteroatoms. The Morgan fingerprint density at radius 1 is 1.31 bits per heavy atom. The van der Waals surface area contributed by atoms with Crippen molar-refractivity contribution in [2.45, 2.75) is 18.4 Å². The molecule has 3 aromatic rings. The van der Waals surface area contributed by atoms with Crippen molar-refractivity contribution >= 4 is 43.8 Å². The van der Waals surface area contributed by atoms with Gasteiger partial charge in [0.25, 0.3) is 5.84 Å². The van der Waals surface area contributed by atoms with Crippen LogP contribution in [-0.2, 0) is 4.74 Å². The van der Waals surface area contributed by atoms with Gasteiger partial charge in [0.15, 0.2) is 5.13 Å². The number of nitrogens with two attached hydrogens (primary N) is 1. The molecule has 5 N–H and O–H groups in total. The topological polar surface area (TPSA) is 86.6 Å². The highest BCUT2D eigenvalue weighted by Gasteiger charge is 2.43. The lowest BCUT2D eigenvalue weighted by Gasteiger charge is -2.14. The zero-order chi connectivity index (χ0) is 20.0. The molecule has 0 atom stereocenters. The number of hydrogen-bond acceptors (Lipinski definition) is 6. The lowest BCUT2D eigenvalue weighted by atomic mass is 9.99. The first-order valence-corrected chi connectivity index (χ1v) is 10.3. The van der Waals surface area contributed by atoms with Crippen molar-refractivity contribution in [1.82, 2.24) is 10.4 Å². The van der Waals surface area contributed by atoms with Crippen LogP contribution in [0.15, 0.2) is 42.5 Å². The molecule has 1 fully saturated rings. The summed E-state index contributed by atoms with van der Waals surface area (Å²) in [6, 6.07) is 12.5. The first kappa shape index (κ1) is 18.2. The van der Waals surface area contributed by atoms with E-state index in [4.69, 9.17) is 15.1 Å². The number of nitrogens with one attached hydrogen (secondary N) is 3. The first-order chi connectivity index (χ1) is 14.1. The molecule has 1 aromatic heterocycles. The van der Waals surface area contributed by atoms with Crippen LogP contribution < -0.4 is 16.2 Å². The van der Waals surface area contributed by atoms with E-state index in [-0.39, 0.29) is 11.4 Å². The summed E-state index contributed by atoms with van der Waals surface area (Å²) in [4.78, 5) is 4.70. The van der Waals surface area contributed by atoms with Crippen LogP contribution in [0.3, 0.4) is 0 Å². The third-order valence-corrected chi connectivity index (χ3v) is 6.28. The largest absolute Gasteiger partial charge is 0.382 e. The summed E-state index contributed by atoms with van der Waals surface area (Å²) in [5.41, 5.74) is 8.23. The van der Waals surface area contributed by atoms with Gasteiger partial charge in [0.2, 0.25) is 0 Å². The van der Waals surface area contributed by atoms with Gasteiger partial charge in [0, 0.05) is 12.7 Å². The first-order valence-electron chi connectivity index (χ1n) is 9.44. The third kappa shape index (κ3) is 3.29. The van der Waals surface area contributed by atoms with Crippen LogP contribution in [0.5, 0.6) is 0 Å². The van der Waals surface area contributed by atoms with Gasteiger partial charge < -0.3 is 10.1 Å². The van der Waals surface area contributed by atoms with Crippen LogP contribution >= 0.6 is 11.3 Å². The summed E-state index contributed by atoms with van der Waals surface area (Å²) < 4.78 is 20.7. The number of quaternary nitrogens is 1. The molecule has 1 aliphatic carbocycles. The Balaban J connectivity index is 1.53. The molecular formula is C21H21FN5OS+. The number of benzene rings is 2. The van der Waals surface area contributed by atoms with Gasteiger partial charge in [-0.05, 0) is 42.7 Å². The zero-order valence-electron chi connectivity index (χ0n) is 15.9. The van der Waals surface area contributed by atoms with Gasteiger partial charge in [0.1, 0.15) is 11.5 Å². The number of nitrogens with zero attached hydrogens (tertiary/aromatic N) is 1. The van der Waals surface area contributed by atoms with E-state index in [1.54, 1.807) is 42.1 Å². The molecule has 0 amide bonds. The minimum absolute atomic E-state index is 0.0123. The number of methoxy groups -OCH3 is 1. The van der Waals surface area contributed by atoms with Crippen LogP contribution in [0, 0.1) is 11.2 Å². The second kappa shape index (κ2) is 6.91. The van der Waals surface area contributed by atoms with Gasteiger partial charge in [-0.25, -0.2) is 20.2 Å². The lowest BCUT2D eigenvalue weighted by Crippen LogP contribution is -2.92. The molecule has 6 nitrogen and oxygen atoms in total. The average molecular weight is 410 g/mol. The second-order valence-corrected chi connectivity index (χ2v) is 8.50. The van der Waals surface area contributed by atoms with E-state index in [0.29, 0.717) is 29.3 Å². The molecule has 148 valence electrons. The Kier molecular flexibility index (Phi) is 4.34. The number of fused-ring (bicyclic) bond motifs is 1. The number of thiazole rings is 1. The molecule has 1 aliphatic heterocycles. The van der Waals surface area contributed by atoms with Crippen LogP contribution in [0.1, 0.15) is 24.0 Å². The molecule has 29 heavy (non-hydrogen) atoms. The Hall–Kier alpha value is -2.81. The highest BCUT2D eigenvalue weighted by atomic mass is 32.1. The van der Waals surface area contributed by atoms with Crippen molar-refractivity contribution in [3.63, 3.8) is 0 Å². The van der Waals surface area contributed by atoms with E-state index >= 15 is 0 Å². The summed E-state index contributed by atoms with van der Waals surface area (Å²) in [7, 11) is 1.72. The van der Waals surface area contributed by atoms with Gasteiger partial charge in [-0.15, -0.1) is 0 Å². The number of amidine groups is 1. The van der Waals surface area contributed by atoms with Crippen molar-refractivity contribution in [2.24, 2.45) is 0 Å². The second-order valence-electron chi connectivity index (χ2n) is 7.47. The monoisotopic (exact) mass is 410 g/mol. The Bertz CT molecular complexity index is 1150. The molecule has 2 heterocycles. The highest BCUT2D eigenvalue weighted by Crippen LogP contribution is 2.41. The van der Waals surface area contributed by atoms with E-state index < -0.39 is 0 Å². The molecule has 2 aromatic carbocycles. The van der Waals surface area contributed by atoms with E-state index in [0.717, 1.165) is 33.8 Å². The molecule has 0 bridgehead atoms. The SMILES string of the molecule is COCC1(Nc2nc3ccc(C4=C(c5ccccc5F)N[NH2+]C4=N)cc3s2)CC1. The molecule has 0 radical (unpaired) electrons. The highest BCUT2D eigenvalue weighted by molar-refractivity contribution is 7.22. The Morgan fingerprint density at radius 2 is 2.14 bits per heavy atom. The minimum atomic E-state index is -0.311. The number of rotatable bonds is 6. The third-order valence-electron chi connectivity index (χ3n) is 5.35. The molecule has 2 aliphatic rings. The van der Waals surface area contributed by atoms with Crippen LogP contribution in [0.4, 0.5) is 9.52 Å². The summed E-state index contributed by atoms with van der Waals surface area (Å²) >= 11 is 1.59. The molecule has 0 spiro atoms. The van der Waals surface area contributed by atoms with Crippen LogP contribution in [0.25, 0.3) is 21.5 Å². The molecule has 0 unspecified atom stereocenters. The normalized spacial score (nSPS) is 17.7. The predicted octanol–water partition coefficient (Wildman–Crippen LogP) is 2.95. The van der Waals surface area contributed by atoms with Gasteiger partial charge in [-0.2, -0.15) is 5.43 Å². The van der Waals surface area contributed by atoms with Gasteiger partial charge in [-0.1, -0.05) is 29.5 Å². The van der Waals surface area contributed by atoms with Crippen LogP contribution in [0.2, 0.25) is 0 Å². The van der Waals surface area contributed by atoms with Crippen molar-refractivity contribution in [2.75, 3.05) is 19.0 Å². The van der Waals surface area contributed by atoms with Crippen LogP contribution in [-0.4, -0.2) is 30.1 Å². The number of aromatic nitrogens is 1. The molecule has 1 saturated carbocycles. The summed E-state index contributed by atoms with van der Waals surface area (Å²) in [6.07, 6.45) is 2.17. The molecule has 0 saturated heterocycles. The van der Waals surface area contributed by atoms with E-state index in [9.17, 15) is 4.39 Å². The molecule has 5 rings (SSSR count). The van der Waals surface area contributed by atoms with Crippen molar-refractivity contribution in [3.05, 3.63) is 59.4 Å². The summed E-state index contributed by atoms with van der Waals surface area (Å²) in [5, 5.41) is 12.7. The van der Waals surface area contributed by atoms with Crippen molar-refractivity contribution < 1.29 is 14.6 Å². The average Bonchev–Trinajstić information content (AvgIpc) is 3.17. The Morgan fingerprint density at radius 3 is 2.90 bits per heavy atom. The summed E-state index contributed by atoms with van der Waals surface area (Å²) in [6.45, 7) is 0.672. The predicted molar refractivity (Wildman–Crippen MR) is 113 cm³/mol. The minimum Gasteiger partial charge on any atom is -0.382 e. The van der Waals surface area contributed by atoms with Gasteiger partial charge in [-0.3, -0.25) is 0 Å². The maximum Gasteiger partial charge on any atom is 0.251 e. The fraction of sp³-hybridized carbons (Fsp3) is 0.238. The van der Waals surface area contributed by atoms with E-state index in [2.05, 4.69) is 10.7 Å². The van der Waals surface area contributed by atoms with Crippen molar-refractivity contribution in [3.8, 4) is 0 Å². The Labute approximate surface area is 171 Å². The van der Waals surface area contributed by atoms with E-state index in [1.165, 1.54) is 6.07 Å². The van der Waals surface area contributed by atoms with Gasteiger partial charge >= 0.3 is 0 Å². The fourth-order valence-electron chi connectivity index (χ4n) is 3.69. The maximum absolute atomic E-state index is 14.4. The number of ether oxygens (including phenoxy) is 1. The summed E-state index contributed by atoms with van der Waals surface area (Å²) in [5.74, 6) is 0.0244.